The minimum atomic E-state index is -0.346. The summed E-state index contributed by atoms with van der Waals surface area (Å²) in [4.78, 5) is 34.1. The average molecular weight is 253 g/mol. The molecule has 94 valence electrons. The highest BCUT2D eigenvalue weighted by Gasteiger charge is 2.37. The molecule has 1 aromatic heterocycles. The molecule has 19 heavy (non-hydrogen) atoms. The Labute approximate surface area is 109 Å². The van der Waals surface area contributed by atoms with Crippen molar-refractivity contribution >= 4 is 17.6 Å². The lowest BCUT2D eigenvalue weighted by Crippen LogP contribution is -2.31. The zero-order valence-electron chi connectivity index (χ0n) is 10.5. The minimum Gasteiger partial charge on any atom is -0.268 e. The van der Waals surface area contributed by atoms with Gasteiger partial charge in [-0.15, -0.1) is 0 Å². The monoisotopic (exact) mass is 253 g/mol. The number of carbonyl (C=O) groups is 2. The number of benzene rings is 1. The molecule has 1 aromatic carbocycles. The average Bonchev–Trinajstić information content (AvgIpc) is 2.64. The van der Waals surface area contributed by atoms with E-state index in [1.807, 2.05) is 6.92 Å². The molecule has 2 heterocycles. The molecule has 0 aliphatic carbocycles. The quantitative estimate of drug-likeness (QED) is 0.728. The third kappa shape index (κ3) is 1.62. The molecule has 0 bridgehead atoms. The topological polar surface area (TPSA) is 63.2 Å². The molecule has 0 saturated carbocycles. The van der Waals surface area contributed by atoms with Crippen LogP contribution in [0.15, 0.2) is 30.5 Å². The second-order valence-corrected chi connectivity index (χ2v) is 4.41. The highest BCUT2D eigenvalue weighted by Crippen LogP contribution is 2.28. The largest absolute Gasteiger partial charge is 0.268 e. The van der Waals surface area contributed by atoms with Crippen LogP contribution in [0.3, 0.4) is 0 Å². The van der Waals surface area contributed by atoms with Crippen LogP contribution >= 0.6 is 0 Å². The Morgan fingerprint density at radius 2 is 1.58 bits per heavy atom. The molecular formula is C14H11N3O2. The predicted octanol–water partition coefficient (Wildman–Crippen LogP) is 1.89. The van der Waals surface area contributed by atoms with Crippen LogP contribution in [-0.4, -0.2) is 21.8 Å². The Bertz CT molecular complexity index is 675. The van der Waals surface area contributed by atoms with Gasteiger partial charge >= 0.3 is 0 Å². The summed E-state index contributed by atoms with van der Waals surface area (Å²) in [6.45, 7) is 3.55. The molecule has 0 spiro atoms. The number of anilines is 1. The van der Waals surface area contributed by atoms with Crippen LogP contribution in [0.25, 0.3) is 0 Å². The van der Waals surface area contributed by atoms with Gasteiger partial charge in [0, 0.05) is 0 Å². The standard InChI is InChI=1S/C14H11N3O2/c1-8-7-15-12(9(2)16-8)17-13(18)10-5-3-4-6-11(10)14(17)19/h3-7H,1-2H3. The molecule has 0 unspecified atom stereocenters. The van der Waals surface area contributed by atoms with Crippen LogP contribution < -0.4 is 4.90 Å². The Balaban J connectivity index is 2.14. The van der Waals surface area contributed by atoms with E-state index in [-0.39, 0.29) is 11.8 Å². The summed E-state index contributed by atoms with van der Waals surface area (Å²) in [5.41, 5.74) is 2.14. The van der Waals surface area contributed by atoms with Gasteiger partial charge in [-0.2, -0.15) is 0 Å². The van der Waals surface area contributed by atoms with E-state index in [0.717, 1.165) is 10.6 Å². The van der Waals surface area contributed by atoms with Crippen molar-refractivity contribution in [1.82, 2.24) is 9.97 Å². The predicted molar refractivity (Wildman–Crippen MR) is 69.1 cm³/mol. The fourth-order valence-electron chi connectivity index (χ4n) is 2.19. The molecule has 5 heteroatoms. The van der Waals surface area contributed by atoms with E-state index < -0.39 is 0 Å². The normalized spacial score (nSPS) is 13.9. The first-order valence-electron chi connectivity index (χ1n) is 5.87. The molecule has 5 nitrogen and oxygen atoms in total. The second-order valence-electron chi connectivity index (χ2n) is 4.41. The summed E-state index contributed by atoms with van der Waals surface area (Å²) in [5, 5.41) is 0. The lowest BCUT2D eigenvalue weighted by Gasteiger charge is -2.14. The van der Waals surface area contributed by atoms with Crippen molar-refractivity contribution in [1.29, 1.82) is 0 Å². The molecular weight excluding hydrogens is 242 g/mol. The third-order valence-corrected chi connectivity index (χ3v) is 3.05. The maximum atomic E-state index is 12.3. The van der Waals surface area contributed by atoms with E-state index in [1.54, 1.807) is 37.4 Å². The van der Waals surface area contributed by atoms with E-state index in [2.05, 4.69) is 9.97 Å². The van der Waals surface area contributed by atoms with Crippen LogP contribution in [0.2, 0.25) is 0 Å². The van der Waals surface area contributed by atoms with Gasteiger partial charge in [-0.05, 0) is 26.0 Å². The van der Waals surface area contributed by atoms with Crippen LogP contribution in [0, 0.1) is 13.8 Å². The first kappa shape index (κ1) is 11.5. The van der Waals surface area contributed by atoms with Crippen molar-refractivity contribution in [2.45, 2.75) is 13.8 Å². The Morgan fingerprint density at radius 3 is 2.11 bits per heavy atom. The van der Waals surface area contributed by atoms with E-state index in [4.69, 9.17) is 0 Å². The number of carbonyl (C=O) groups excluding carboxylic acids is 2. The highest BCUT2D eigenvalue weighted by atomic mass is 16.2. The second kappa shape index (κ2) is 3.98. The molecule has 0 N–H and O–H groups in total. The Kier molecular flexibility index (Phi) is 2.41. The Morgan fingerprint density at radius 1 is 1.00 bits per heavy atom. The highest BCUT2D eigenvalue weighted by molar-refractivity contribution is 6.34. The number of rotatable bonds is 1. The van der Waals surface area contributed by atoms with Crippen molar-refractivity contribution in [2.75, 3.05) is 4.90 Å². The summed E-state index contributed by atoms with van der Waals surface area (Å²) in [5.74, 6) is -0.388. The minimum absolute atomic E-state index is 0.303. The van der Waals surface area contributed by atoms with Crippen molar-refractivity contribution in [3.63, 3.8) is 0 Å². The first-order valence-corrected chi connectivity index (χ1v) is 5.87. The number of nitrogens with zero attached hydrogens (tertiary/aromatic N) is 3. The van der Waals surface area contributed by atoms with Crippen LogP contribution in [0.4, 0.5) is 5.82 Å². The van der Waals surface area contributed by atoms with Gasteiger partial charge in [-0.3, -0.25) is 14.6 Å². The van der Waals surface area contributed by atoms with Crippen LogP contribution in [-0.2, 0) is 0 Å². The number of aromatic nitrogens is 2. The van der Waals surface area contributed by atoms with Gasteiger partial charge in [0.2, 0.25) is 0 Å². The molecule has 1 aliphatic rings. The number of amides is 2. The molecule has 2 amide bonds. The number of fused-ring (bicyclic) bond motifs is 1. The Hall–Kier alpha value is -2.56. The molecule has 0 saturated heterocycles. The van der Waals surface area contributed by atoms with Crippen molar-refractivity contribution in [3.05, 3.63) is 53.0 Å². The maximum Gasteiger partial charge on any atom is 0.267 e. The van der Waals surface area contributed by atoms with Crippen molar-refractivity contribution in [3.8, 4) is 0 Å². The van der Waals surface area contributed by atoms with E-state index in [1.165, 1.54) is 0 Å². The maximum absolute atomic E-state index is 12.3. The van der Waals surface area contributed by atoms with Gasteiger partial charge in [0.25, 0.3) is 11.8 Å². The molecule has 1 aliphatic heterocycles. The SMILES string of the molecule is Cc1cnc(N2C(=O)c3ccccc3C2=O)c(C)n1. The fourth-order valence-corrected chi connectivity index (χ4v) is 2.19. The number of imide groups is 1. The van der Waals surface area contributed by atoms with Crippen molar-refractivity contribution in [2.24, 2.45) is 0 Å². The number of aryl methyl sites for hydroxylation is 2. The van der Waals surface area contributed by atoms with Crippen molar-refractivity contribution < 1.29 is 9.59 Å². The summed E-state index contributed by atoms with van der Waals surface area (Å²) < 4.78 is 0. The van der Waals surface area contributed by atoms with E-state index >= 15 is 0 Å². The lowest BCUT2D eigenvalue weighted by molar-refractivity contribution is 0.0924. The lowest BCUT2D eigenvalue weighted by atomic mass is 10.1. The molecule has 3 rings (SSSR count). The van der Waals surface area contributed by atoms with Crippen LogP contribution in [0.1, 0.15) is 32.1 Å². The summed E-state index contributed by atoms with van der Waals surface area (Å²) in [7, 11) is 0. The first-order chi connectivity index (χ1) is 9.09. The zero-order valence-corrected chi connectivity index (χ0v) is 10.5. The molecule has 0 radical (unpaired) electrons. The smallest absolute Gasteiger partial charge is 0.267 e. The molecule has 2 aromatic rings. The fraction of sp³-hybridized carbons (Fsp3) is 0.143. The number of hydrogen-bond donors (Lipinski definition) is 0. The van der Waals surface area contributed by atoms with E-state index in [0.29, 0.717) is 22.6 Å². The van der Waals surface area contributed by atoms with E-state index in [9.17, 15) is 9.59 Å². The van der Waals surface area contributed by atoms with Gasteiger partial charge in [-0.1, -0.05) is 12.1 Å². The summed E-state index contributed by atoms with van der Waals surface area (Å²) >= 11 is 0. The number of hydrogen-bond acceptors (Lipinski definition) is 4. The third-order valence-electron chi connectivity index (χ3n) is 3.05. The zero-order chi connectivity index (χ0) is 13.6. The summed E-state index contributed by atoms with van der Waals surface area (Å²) in [6.07, 6.45) is 1.55. The van der Waals surface area contributed by atoms with Gasteiger partial charge in [0.1, 0.15) is 0 Å². The van der Waals surface area contributed by atoms with Gasteiger partial charge in [-0.25, -0.2) is 9.88 Å². The molecule has 0 fully saturated rings. The summed E-state index contributed by atoms with van der Waals surface area (Å²) in [6, 6.07) is 6.77. The van der Waals surface area contributed by atoms with Gasteiger partial charge < -0.3 is 0 Å². The van der Waals surface area contributed by atoms with Gasteiger partial charge in [0.05, 0.1) is 28.7 Å². The van der Waals surface area contributed by atoms with Crippen LogP contribution in [0.5, 0.6) is 0 Å². The molecule has 0 atom stereocenters. The van der Waals surface area contributed by atoms with Gasteiger partial charge in [0.15, 0.2) is 5.82 Å².